The van der Waals surface area contributed by atoms with Crippen molar-refractivity contribution in [1.29, 1.82) is 0 Å². The highest BCUT2D eigenvalue weighted by atomic mass is 19.4. The molecule has 0 radical (unpaired) electrons. The van der Waals surface area contributed by atoms with Crippen LogP contribution in [0.2, 0.25) is 0 Å². The number of carbonyl (C=O) groups is 1. The molecule has 1 heterocycles. The first-order valence-electron chi connectivity index (χ1n) is 8.01. The topological polar surface area (TPSA) is 46.9 Å². The Hall–Kier alpha value is -3.16. The maximum atomic E-state index is 13.6. The molecule has 0 fully saturated rings. The van der Waals surface area contributed by atoms with Gasteiger partial charge in [0.15, 0.2) is 5.69 Å². The number of aryl methyl sites for hydroxylation is 1. The smallest absolute Gasteiger partial charge is 0.348 e. The summed E-state index contributed by atoms with van der Waals surface area (Å²) in [6.07, 6.45) is -3.88. The van der Waals surface area contributed by atoms with E-state index in [4.69, 9.17) is 0 Å². The molecule has 0 aliphatic carbocycles. The molecule has 0 spiro atoms. The second-order valence-electron chi connectivity index (χ2n) is 5.92. The zero-order chi connectivity index (χ0) is 19.6. The van der Waals surface area contributed by atoms with Crippen LogP contribution in [0.25, 0.3) is 5.69 Å². The largest absolute Gasteiger partial charge is 0.434 e. The molecular formula is C19H15F4N3O. The number of carbonyl (C=O) groups excluding carboxylic acids is 1. The molecule has 1 amide bonds. The predicted molar refractivity (Wildman–Crippen MR) is 90.9 cm³/mol. The first-order chi connectivity index (χ1) is 12.8. The van der Waals surface area contributed by atoms with Gasteiger partial charge in [-0.3, -0.25) is 4.79 Å². The summed E-state index contributed by atoms with van der Waals surface area (Å²) < 4.78 is 54.7. The number of halogens is 4. The number of para-hydroxylation sites is 1. The molecule has 0 saturated carbocycles. The van der Waals surface area contributed by atoms with Gasteiger partial charge in [-0.15, -0.1) is 0 Å². The summed E-state index contributed by atoms with van der Waals surface area (Å²) in [5.74, 6) is -1.31. The van der Waals surface area contributed by atoms with Gasteiger partial charge >= 0.3 is 6.18 Å². The average molecular weight is 377 g/mol. The molecule has 1 aromatic heterocycles. The minimum atomic E-state index is -4.77. The molecule has 0 bridgehead atoms. The Kier molecular flexibility index (Phi) is 4.98. The van der Waals surface area contributed by atoms with E-state index in [1.807, 2.05) is 0 Å². The van der Waals surface area contributed by atoms with E-state index in [1.54, 1.807) is 25.1 Å². The quantitative estimate of drug-likeness (QED) is 0.691. The zero-order valence-electron chi connectivity index (χ0n) is 14.2. The highest BCUT2D eigenvalue weighted by Gasteiger charge is 2.40. The van der Waals surface area contributed by atoms with Crippen LogP contribution in [-0.2, 0) is 12.7 Å². The fourth-order valence-electron chi connectivity index (χ4n) is 2.65. The molecule has 3 rings (SSSR count). The van der Waals surface area contributed by atoms with Crippen molar-refractivity contribution in [2.45, 2.75) is 19.6 Å². The molecule has 4 nitrogen and oxygen atoms in total. The van der Waals surface area contributed by atoms with Gasteiger partial charge in [0.25, 0.3) is 5.91 Å². The number of benzene rings is 2. The Labute approximate surface area is 152 Å². The van der Waals surface area contributed by atoms with Crippen LogP contribution >= 0.6 is 0 Å². The van der Waals surface area contributed by atoms with Crippen molar-refractivity contribution >= 4 is 5.91 Å². The molecular weight excluding hydrogens is 362 g/mol. The lowest BCUT2D eigenvalue weighted by atomic mass is 10.1. The van der Waals surface area contributed by atoms with Crippen LogP contribution in [0.4, 0.5) is 17.6 Å². The highest BCUT2D eigenvalue weighted by Crippen LogP contribution is 2.33. The third kappa shape index (κ3) is 3.99. The monoisotopic (exact) mass is 377 g/mol. The van der Waals surface area contributed by atoms with Crippen molar-refractivity contribution in [3.63, 3.8) is 0 Å². The van der Waals surface area contributed by atoms with Gasteiger partial charge in [-0.25, -0.2) is 9.07 Å². The maximum absolute atomic E-state index is 13.6. The summed E-state index contributed by atoms with van der Waals surface area (Å²) >= 11 is 0. The Morgan fingerprint density at radius 1 is 1.15 bits per heavy atom. The molecule has 0 aliphatic rings. The van der Waals surface area contributed by atoms with Crippen LogP contribution in [0.15, 0.2) is 54.7 Å². The molecule has 0 atom stereocenters. The Morgan fingerprint density at radius 2 is 1.85 bits per heavy atom. The van der Waals surface area contributed by atoms with E-state index >= 15 is 0 Å². The standard InChI is InChI=1S/C19H15F4N3O/c1-12-9-13(7-8-16(12)20)10-24-18(27)15-11-25-26(17(15)19(21,22)23)14-5-3-2-4-6-14/h2-9,11H,10H2,1H3,(H,24,27). The number of hydrogen-bond acceptors (Lipinski definition) is 2. The predicted octanol–water partition coefficient (Wildman–Crippen LogP) is 4.27. The Balaban J connectivity index is 1.88. The van der Waals surface area contributed by atoms with Gasteiger partial charge in [-0.1, -0.05) is 30.3 Å². The van der Waals surface area contributed by atoms with E-state index in [1.165, 1.54) is 30.3 Å². The van der Waals surface area contributed by atoms with Gasteiger partial charge < -0.3 is 5.32 Å². The molecule has 1 N–H and O–H groups in total. The molecule has 0 saturated heterocycles. The molecule has 0 aliphatic heterocycles. The third-order valence-electron chi connectivity index (χ3n) is 3.96. The minimum absolute atomic E-state index is 0.0340. The van der Waals surface area contributed by atoms with Crippen molar-refractivity contribution in [2.75, 3.05) is 0 Å². The molecule has 27 heavy (non-hydrogen) atoms. The number of amides is 1. The van der Waals surface area contributed by atoms with Crippen LogP contribution in [0.5, 0.6) is 0 Å². The fraction of sp³-hybridized carbons (Fsp3) is 0.158. The second-order valence-corrected chi connectivity index (χ2v) is 5.92. The van der Waals surface area contributed by atoms with E-state index < -0.39 is 29.2 Å². The van der Waals surface area contributed by atoms with Crippen LogP contribution in [-0.4, -0.2) is 15.7 Å². The second kappa shape index (κ2) is 7.22. The number of rotatable bonds is 4. The lowest BCUT2D eigenvalue weighted by Gasteiger charge is -2.13. The number of hydrogen-bond donors (Lipinski definition) is 1. The van der Waals surface area contributed by atoms with Gasteiger partial charge in [0.05, 0.1) is 17.4 Å². The maximum Gasteiger partial charge on any atom is 0.434 e. The van der Waals surface area contributed by atoms with E-state index in [0.29, 0.717) is 15.8 Å². The normalized spacial score (nSPS) is 11.4. The van der Waals surface area contributed by atoms with Crippen LogP contribution in [0.1, 0.15) is 27.2 Å². The van der Waals surface area contributed by atoms with Gasteiger partial charge in [0.1, 0.15) is 5.82 Å². The Bertz CT molecular complexity index is 965. The van der Waals surface area contributed by atoms with Gasteiger partial charge in [0, 0.05) is 6.54 Å². The first kappa shape index (κ1) is 18.6. The first-order valence-corrected chi connectivity index (χ1v) is 8.01. The molecule has 3 aromatic rings. The molecule has 8 heteroatoms. The van der Waals surface area contributed by atoms with Gasteiger partial charge in [-0.2, -0.15) is 18.3 Å². The summed E-state index contributed by atoms with van der Waals surface area (Å²) in [4.78, 5) is 12.3. The molecule has 0 unspecified atom stereocenters. The number of aromatic nitrogens is 2. The van der Waals surface area contributed by atoms with E-state index in [2.05, 4.69) is 10.4 Å². The number of alkyl halides is 3. The van der Waals surface area contributed by atoms with E-state index in [-0.39, 0.29) is 12.2 Å². The zero-order valence-corrected chi connectivity index (χ0v) is 14.2. The van der Waals surface area contributed by atoms with Crippen molar-refractivity contribution in [3.05, 3.63) is 82.9 Å². The van der Waals surface area contributed by atoms with Crippen molar-refractivity contribution < 1.29 is 22.4 Å². The SMILES string of the molecule is Cc1cc(CNC(=O)c2cnn(-c3ccccc3)c2C(F)(F)F)ccc1F. The van der Waals surface area contributed by atoms with Crippen molar-refractivity contribution in [2.24, 2.45) is 0 Å². The molecule has 140 valence electrons. The Morgan fingerprint density at radius 3 is 2.48 bits per heavy atom. The van der Waals surface area contributed by atoms with Crippen molar-refractivity contribution in [1.82, 2.24) is 15.1 Å². The lowest BCUT2D eigenvalue weighted by Crippen LogP contribution is -2.26. The van der Waals surface area contributed by atoms with Crippen LogP contribution < -0.4 is 5.32 Å². The summed E-state index contributed by atoms with van der Waals surface area (Å²) in [5, 5.41) is 6.17. The minimum Gasteiger partial charge on any atom is -0.348 e. The van der Waals surface area contributed by atoms with Crippen LogP contribution in [0.3, 0.4) is 0 Å². The van der Waals surface area contributed by atoms with Gasteiger partial charge in [-0.05, 0) is 36.2 Å². The lowest BCUT2D eigenvalue weighted by molar-refractivity contribution is -0.143. The van der Waals surface area contributed by atoms with Crippen molar-refractivity contribution in [3.8, 4) is 5.69 Å². The summed E-state index contributed by atoms with van der Waals surface area (Å²) in [5.41, 5.74) is -0.578. The summed E-state index contributed by atoms with van der Waals surface area (Å²) in [7, 11) is 0. The van der Waals surface area contributed by atoms with Crippen LogP contribution in [0, 0.1) is 12.7 Å². The fourth-order valence-corrected chi connectivity index (χ4v) is 2.65. The highest BCUT2D eigenvalue weighted by molar-refractivity contribution is 5.95. The summed E-state index contributed by atoms with van der Waals surface area (Å²) in [6.45, 7) is 1.53. The van der Waals surface area contributed by atoms with E-state index in [9.17, 15) is 22.4 Å². The third-order valence-corrected chi connectivity index (χ3v) is 3.96. The van der Waals surface area contributed by atoms with E-state index in [0.717, 1.165) is 6.20 Å². The number of nitrogens with zero attached hydrogens (tertiary/aromatic N) is 2. The summed E-state index contributed by atoms with van der Waals surface area (Å²) in [6, 6.07) is 12.0. The molecule has 2 aromatic carbocycles. The average Bonchev–Trinajstić information content (AvgIpc) is 3.09. The number of nitrogens with one attached hydrogen (secondary N) is 1. The van der Waals surface area contributed by atoms with Gasteiger partial charge in [0.2, 0.25) is 0 Å².